The van der Waals surface area contributed by atoms with Gasteiger partial charge in [-0.15, -0.1) is 0 Å². The highest BCUT2D eigenvalue weighted by molar-refractivity contribution is 5.73. The summed E-state index contributed by atoms with van der Waals surface area (Å²) in [5.74, 6) is -4.83. The number of aliphatic carboxylic acids is 2. The summed E-state index contributed by atoms with van der Waals surface area (Å²) in [6.07, 6.45) is -8.37. The van der Waals surface area contributed by atoms with Crippen LogP contribution in [0.4, 0.5) is 26.3 Å². The van der Waals surface area contributed by atoms with Crippen molar-refractivity contribution in [1.29, 1.82) is 0 Å². The molecule has 0 aromatic carbocycles. The summed E-state index contributed by atoms with van der Waals surface area (Å²) in [6.45, 7) is 2.20. The SMILES string of the molecule is O=C(O)C(F)(F)F.O=C(O)C(F)(F)F.c1cc(C2CNC2)[nH]n1. The third kappa shape index (κ3) is 8.65. The molecule has 0 bridgehead atoms. The quantitative estimate of drug-likeness (QED) is 0.568. The van der Waals surface area contributed by atoms with Gasteiger partial charge in [-0.25, -0.2) is 9.59 Å². The van der Waals surface area contributed by atoms with E-state index >= 15 is 0 Å². The molecule has 0 spiro atoms. The van der Waals surface area contributed by atoms with Gasteiger partial charge in [0.15, 0.2) is 0 Å². The first-order valence-electron chi connectivity index (χ1n) is 5.66. The lowest BCUT2D eigenvalue weighted by Gasteiger charge is -2.25. The van der Waals surface area contributed by atoms with E-state index in [1.807, 2.05) is 6.07 Å². The predicted octanol–water partition coefficient (Wildman–Crippen LogP) is 1.36. The summed E-state index contributed by atoms with van der Waals surface area (Å²) in [4.78, 5) is 17.8. The standard InChI is InChI=1S/C6H9N3.2C2HF3O2/c1-2-8-9-6(1)5-3-7-4-5;2*3-2(4,5)1(6)7/h1-2,5,7H,3-4H2,(H,8,9);2*(H,6,7). The minimum absolute atomic E-state index is 0.687. The number of nitrogens with one attached hydrogen (secondary N) is 2. The van der Waals surface area contributed by atoms with Crippen LogP contribution in [0.15, 0.2) is 12.3 Å². The molecule has 2 rings (SSSR count). The second-order valence-corrected chi connectivity index (χ2v) is 3.97. The fraction of sp³-hybridized carbons (Fsp3) is 0.500. The van der Waals surface area contributed by atoms with Crippen molar-refractivity contribution in [2.75, 3.05) is 13.1 Å². The zero-order valence-corrected chi connectivity index (χ0v) is 11.1. The third-order valence-corrected chi connectivity index (χ3v) is 2.23. The fourth-order valence-electron chi connectivity index (χ4n) is 1.00. The van der Waals surface area contributed by atoms with Gasteiger partial charge in [0.25, 0.3) is 0 Å². The lowest BCUT2D eigenvalue weighted by Crippen LogP contribution is -2.40. The van der Waals surface area contributed by atoms with Gasteiger partial charge in [0.05, 0.1) is 0 Å². The van der Waals surface area contributed by atoms with Crippen LogP contribution in [0, 0.1) is 0 Å². The highest BCUT2D eigenvalue weighted by Crippen LogP contribution is 2.15. The molecule has 1 aliphatic rings. The van der Waals surface area contributed by atoms with Crippen LogP contribution in [0.25, 0.3) is 0 Å². The average Bonchev–Trinajstić information content (AvgIpc) is 2.79. The van der Waals surface area contributed by atoms with Gasteiger partial charge in [-0.3, -0.25) is 5.10 Å². The van der Waals surface area contributed by atoms with E-state index in [1.165, 1.54) is 5.69 Å². The molecule has 0 unspecified atom stereocenters. The smallest absolute Gasteiger partial charge is 0.475 e. The minimum atomic E-state index is -5.08. The number of carboxylic acids is 2. The summed E-state index contributed by atoms with van der Waals surface area (Å²) in [5.41, 5.74) is 1.26. The van der Waals surface area contributed by atoms with E-state index in [-0.39, 0.29) is 0 Å². The van der Waals surface area contributed by atoms with Gasteiger partial charge in [0.2, 0.25) is 0 Å². The number of hydrogen-bond acceptors (Lipinski definition) is 4. The summed E-state index contributed by atoms with van der Waals surface area (Å²) in [5, 5.41) is 24.3. The zero-order chi connectivity index (χ0) is 18.3. The van der Waals surface area contributed by atoms with Crippen LogP contribution in [0.1, 0.15) is 11.6 Å². The van der Waals surface area contributed by atoms with Gasteiger partial charge >= 0.3 is 24.3 Å². The maximum atomic E-state index is 10.6. The molecule has 1 saturated heterocycles. The van der Waals surface area contributed by atoms with Gasteiger partial charge in [-0.05, 0) is 6.07 Å². The number of alkyl halides is 6. The van der Waals surface area contributed by atoms with Crippen molar-refractivity contribution >= 4 is 11.9 Å². The number of aromatic nitrogens is 2. The Bertz CT molecular complexity index is 472. The van der Waals surface area contributed by atoms with Gasteiger partial charge in [0, 0.05) is 30.9 Å². The summed E-state index contributed by atoms with van der Waals surface area (Å²) >= 11 is 0. The number of halogens is 6. The highest BCUT2D eigenvalue weighted by atomic mass is 19.4. The van der Waals surface area contributed by atoms with E-state index < -0.39 is 24.3 Å². The first kappa shape index (κ1) is 20.7. The Morgan fingerprint density at radius 3 is 1.61 bits per heavy atom. The molecule has 0 atom stereocenters. The van der Waals surface area contributed by atoms with E-state index in [0.29, 0.717) is 5.92 Å². The number of carboxylic acid groups (broad SMARTS) is 2. The Balaban J connectivity index is 0.000000322. The van der Waals surface area contributed by atoms with Crippen LogP contribution in [-0.4, -0.2) is 57.8 Å². The molecule has 23 heavy (non-hydrogen) atoms. The maximum absolute atomic E-state index is 10.6. The Morgan fingerprint density at radius 2 is 1.43 bits per heavy atom. The molecule has 13 heteroatoms. The number of H-pyrrole nitrogens is 1. The van der Waals surface area contributed by atoms with E-state index in [2.05, 4.69) is 15.5 Å². The molecule has 0 aliphatic carbocycles. The molecule has 1 aliphatic heterocycles. The Morgan fingerprint density at radius 1 is 1.04 bits per heavy atom. The van der Waals surface area contributed by atoms with Crippen LogP contribution in [0.2, 0.25) is 0 Å². The number of hydrogen-bond donors (Lipinski definition) is 4. The Labute approximate surface area is 124 Å². The van der Waals surface area contributed by atoms with Crippen molar-refractivity contribution in [3.8, 4) is 0 Å². The first-order valence-corrected chi connectivity index (χ1v) is 5.66. The summed E-state index contributed by atoms with van der Waals surface area (Å²) in [7, 11) is 0. The Kier molecular flexibility index (Phi) is 7.52. The largest absolute Gasteiger partial charge is 0.490 e. The monoisotopic (exact) mass is 351 g/mol. The van der Waals surface area contributed by atoms with E-state index in [0.717, 1.165) is 13.1 Å². The zero-order valence-electron chi connectivity index (χ0n) is 11.1. The predicted molar refractivity (Wildman–Crippen MR) is 61.6 cm³/mol. The topological polar surface area (TPSA) is 115 Å². The van der Waals surface area contributed by atoms with Gasteiger partial charge in [-0.1, -0.05) is 0 Å². The molecule has 2 heterocycles. The van der Waals surface area contributed by atoms with Crippen molar-refractivity contribution in [2.24, 2.45) is 0 Å². The molecule has 4 N–H and O–H groups in total. The Hall–Kier alpha value is -2.31. The molecule has 0 amide bonds. The second kappa shape index (κ2) is 8.36. The van der Waals surface area contributed by atoms with E-state index in [1.54, 1.807) is 6.20 Å². The van der Waals surface area contributed by atoms with Crippen LogP contribution in [0.5, 0.6) is 0 Å². The molecule has 1 aromatic heterocycles. The van der Waals surface area contributed by atoms with Gasteiger partial charge < -0.3 is 15.5 Å². The minimum Gasteiger partial charge on any atom is -0.475 e. The normalized spacial score (nSPS) is 14.5. The van der Waals surface area contributed by atoms with Gasteiger partial charge in [-0.2, -0.15) is 31.4 Å². The van der Waals surface area contributed by atoms with Crippen molar-refractivity contribution in [1.82, 2.24) is 15.5 Å². The number of nitrogens with zero attached hydrogens (tertiary/aromatic N) is 1. The number of aromatic amines is 1. The molecule has 7 nitrogen and oxygen atoms in total. The van der Waals surface area contributed by atoms with Crippen molar-refractivity contribution in [2.45, 2.75) is 18.3 Å². The average molecular weight is 351 g/mol. The molecule has 1 aromatic rings. The van der Waals surface area contributed by atoms with E-state index in [9.17, 15) is 26.3 Å². The third-order valence-electron chi connectivity index (χ3n) is 2.23. The van der Waals surface area contributed by atoms with Crippen molar-refractivity contribution in [3.05, 3.63) is 18.0 Å². The molecular formula is C10H11F6N3O4. The highest BCUT2D eigenvalue weighted by Gasteiger charge is 2.38. The van der Waals surface area contributed by atoms with Gasteiger partial charge in [0.1, 0.15) is 0 Å². The fourth-order valence-corrected chi connectivity index (χ4v) is 1.00. The van der Waals surface area contributed by atoms with Crippen LogP contribution in [0.3, 0.4) is 0 Å². The van der Waals surface area contributed by atoms with Crippen molar-refractivity contribution < 1.29 is 46.1 Å². The molecular weight excluding hydrogens is 340 g/mol. The van der Waals surface area contributed by atoms with Crippen LogP contribution in [-0.2, 0) is 9.59 Å². The molecule has 0 radical (unpaired) electrons. The maximum Gasteiger partial charge on any atom is 0.490 e. The molecule has 1 fully saturated rings. The molecule has 132 valence electrons. The summed E-state index contributed by atoms with van der Waals surface area (Å²) < 4.78 is 63.5. The van der Waals surface area contributed by atoms with Crippen LogP contribution < -0.4 is 5.32 Å². The number of carbonyl (C=O) groups is 2. The van der Waals surface area contributed by atoms with E-state index in [4.69, 9.17) is 19.8 Å². The lowest BCUT2D eigenvalue weighted by atomic mass is 10.0. The second-order valence-electron chi connectivity index (χ2n) is 3.97. The summed E-state index contributed by atoms with van der Waals surface area (Å²) in [6, 6.07) is 2.03. The first-order chi connectivity index (χ1) is 10.4. The van der Waals surface area contributed by atoms with Crippen LogP contribution >= 0.6 is 0 Å². The lowest BCUT2D eigenvalue weighted by molar-refractivity contribution is -0.193. The van der Waals surface area contributed by atoms with Crippen molar-refractivity contribution in [3.63, 3.8) is 0 Å². The number of rotatable bonds is 1. The molecule has 0 saturated carbocycles.